The molecule has 0 spiro atoms. The maximum atomic E-state index is 13.0. The molecule has 2 aliphatic rings. The van der Waals surface area contributed by atoms with Crippen LogP contribution in [0.4, 0.5) is 5.69 Å². The van der Waals surface area contributed by atoms with Gasteiger partial charge in [0.1, 0.15) is 0 Å². The number of fused-ring (bicyclic) bond motifs is 2. The van der Waals surface area contributed by atoms with Crippen LogP contribution in [0.2, 0.25) is 0 Å². The summed E-state index contributed by atoms with van der Waals surface area (Å²) in [6, 6.07) is 6.35. The lowest BCUT2D eigenvalue weighted by atomic mass is 9.96. The Bertz CT molecular complexity index is 747. The minimum atomic E-state index is 0.109. The molecule has 1 aromatic heterocycles. The first-order valence-corrected chi connectivity index (χ1v) is 8.09. The summed E-state index contributed by atoms with van der Waals surface area (Å²) >= 11 is 0. The summed E-state index contributed by atoms with van der Waals surface area (Å²) in [5.74, 6) is 0.738. The summed E-state index contributed by atoms with van der Waals surface area (Å²) in [5, 5.41) is 4.42. The van der Waals surface area contributed by atoms with Crippen LogP contribution in [0.3, 0.4) is 0 Å². The number of amides is 1. The fraction of sp³-hybridized carbons (Fsp3) is 0.444. The zero-order valence-electron chi connectivity index (χ0n) is 13.2. The van der Waals surface area contributed by atoms with Crippen LogP contribution in [0.5, 0.6) is 0 Å². The molecule has 2 aromatic rings. The number of aryl methyl sites for hydroxylation is 2. The van der Waals surface area contributed by atoms with Crippen LogP contribution in [-0.4, -0.2) is 22.2 Å². The number of benzene rings is 1. The largest absolute Gasteiger partial charge is 0.308 e. The Morgan fingerprint density at radius 2 is 2.18 bits per heavy atom. The van der Waals surface area contributed by atoms with E-state index in [0.29, 0.717) is 5.92 Å². The van der Waals surface area contributed by atoms with Crippen molar-refractivity contribution in [3.05, 3.63) is 46.8 Å². The van der Waals surface area contributed by atoms with E-state index in [1.165, 1.54) is 11.1 Å². The number of carbonyl (C=O) groups excluding carboxylic acids is 1. The fourth-order valence-corrected chi connectivity index (χ4v) is 3.66. The summed E-state index contributed by atoms with van der Waals surface area (Å²) in [6.45, 7) is 6.05. The fourth-order valence-electron chi connectivity index (χ4n) is 3.66. The third-order valence-corrected chi connectivity index (χ3v) is 4.93. The second-order valence-electron chi connectivity index (χ2n) is 6.67. The van der Waals surface area contributed by atoms with Gasteiger partial charge in [-0.05, 0) is 43.7 Å². The van der Waals surface area contributed by atoms with Gasteiger partial charge in [0.05, 0.1) is 17.5 Å². The molecule has 0 bridgehead atoms. The van der Waals surface area contributed by atoms with E-state index >= 15 is 0 Å². The molecular weight excluding hydrogens is 274 g/mol. The van der Waals surface area contributed by atoms with Crippen molar-refractivity contribution in [2.24, 2.45) is 5.92 Å². The van der Waals surface area contributed by atoms with Gasteiger partial charge in [-0.1, -0.05) is 24.6 Å². The Morgan fingerprint density at radius 1 is 1.32 bits per heavy atom. The van der Waals surface area contributed by atoms with Crippen molar-refractivity contribution in [3.8, 4) is 0 Å². The number of hydrogen-bond acceptors (Lipinski definition) is 2. The van der Waals surface area contributed by atoms with Gasteiger partial charge in [0, 0.05) is 18.8 Å². The SMILES string of the molecule is Cc1ccc2c(c1)CCN2C(=O)c1cnn2c1CC(C)CC2. The van der Waals surface area contributed by atoms with Gasteiger partial charge in [-0.15, -0.1) is 0 Å². The number of nitrogens with zero attached hydrogens (tertiary/aromatic N) is 3. The number of hydrogen-bond donors (Lipinski definition) is 0. The lowest BCUT2D eigenvalue weighted by Gasteiger charge is -2.22. The van der Waals surface area contributed by atoms with Gasteiger partial charge in [-0.3, -0.25) is 9.48 Å². The van der Waals surface area contributed by atoms with Crippen molar-refractivity contribution < 1.29 is 4.79 Å². The van der Waals surface area contributed by atoms with Crippen molar-refractivity contribution in [1.82, 2.24) is 9.78 Å². The molecule has 4 rings (SSSR count). The molecule has 0 aliphatic carbocycles. The summed E-state index contributed by atoms with van der Waals surface area (Å²) in [7, 11) is 0. The monoisotopic (exact) mass is 295 g/mol. The average molecular weight is 295 g/mol. The molecule has 114 valence electrons. The van der Waals surface area contributed by atoms with Gasteiger partial charge < -0.3 is 4.90 Å². The van der Waals surface area contributed by atoms with Crippen molar-refractivity contribution in [2.45, 2.75) is 39.7 Å². The molecule has 4 nitrogen and oxygen atoms in total. The Kier molecular flexibility index (Phi) is 3.06. The number of aromatic nitrogens is 2. The maximum Gasteiger partial charge on any atom is 0.261 e. The van der Waals surface area contributed by atoms with Crippen molar-refractivity contribution >= 4 is 11.6 Å². The first-order chi connectivity index (χ1) is 10.6. The Morgan fingerprint density at radius 3 is 3.05 bits per heavy atom. The average Bonchev–Trinajstić information content (AvgIpc) is 3.09. The molecule has 0 fully saturated rings. The predicted octanol–water partition coefficient (Wildman–Crippen LogP) is 2.98. The maximum absolute atomic E-state index is 13.0. The van der Waals surface area contributed by atoms with E-state index in [1.54, 1.807) is 6.20 Å². The Hall–Kier alpha value is -2.10. The summed E-state index contributed by atoms with van der Waals surface area (Å²) in [4.78, 5) is 14.9. The normalized spacial score (nSPS) is 19.9. The molecular formula is C18H21N3O. The zero-order valence-corrected chi connectivity index (χ0v) is 13.2. The highest BCUT2D eigenvalue weighted by Gasteiger charge is 2.30. The second-order valence-corrected chi connectivity index (χ2v) is 6.67. The first-order valence-electron chi connectivity index (χ1n) is 8.09. The van der Waals surface area contributed by atoms with E-state index in [0.717, 1.165) is 49.3 Å². The number of rotatable bonds is 1. The first kappa shape index (κ1) is 13.6. The van der Waals surface area contributed by atoms with Crippen LogP contribution < -0.4 is 4.90 Å². The molecule has 0 N–H and O–H groups in total. The van der Waals surface area contributed by atoms with Crippen LogP contribution in [-0.2, 0) is 19.4 Å². The molecule has 1 atom stereocenters. The molecule has 0 radical (unpaired) electrons. The zero-order chi connectivity index (χ0) is 15.3. The number of anilines is 1. The van der Waals surface area contributed by atoms with Gasteiger partial charge >= 0.3 is 0 Å². The molecule has 3 heterocycles. The third kappa shape index (κ3) is 2.05. The molecule has 4 heteroatoms. The van der Waals surface area contributed by atoms with E-state index in [4.69, 9.17) is 0 Å². The molecule has 2 aliphatic heterocycles. The minimum absolute atomic E-state index is 0.109. The Labute approximate surface area is 130 Å². The lowest BCUT2D eigenvalue weighted by Crippen LogP contribution is -2.30. The van der Waals surface area contributed by atoms with Gasteiger partial charge in [0.25, 0.3) is 5.91 Å². The second kappa shape index (κ2) is 4.97. The smallest absolute Gasteiger partial charge is 0.261 e. The van der Waals surface area contributed by atoms with E-state index in [9.17, 15) is 4.79 Å². The molecule has 0 saturated heterocycles. The molecule has 1 amide bonds. The van der Waals surface area contributed by atoms with E-state index < -0.39 is 0 Å². The standard InChI is InChI=1S/C18H21N3O/c1-12-3-4-16-14(9-12)6-7-20(16)18(22)15-11-19-21-8-5-13(2)10-17(15)21/h3-4,9,11,13H,5-8,10H2,1-2H3. The highest BCUT2D eigenvalue weighted by atomic mass is 16.2. The van der Waals surface area contributed by atoms with Gasteiger partial charge in [0.15, 0.2) is 0 Å². The lowest BCUT2D eigenvalue weighted by molar-refractivity contribution is 0.0987. The van der Waals surface area contributed by atoms with Crippen molar-refractivity contribution in [1.29, 1.82) is 0 Å². The molecule has 1 aromatic carbocycles. The van der Waals surface area contributed by atoms with Crippen LogP contribution >= 0.6 is 0 Å². The third-order valence-electron chi connectivity index (χ3n) is 4.93. The summed E-state index contributed by atoms with van der Waals surface area (Å²) < 4.78 is 2.01. The quantitative estimate of drug-likeness (QED) is 0.811. The van der Waals surface area contributed by atoms with E-state index in [-0.39, 0.29) is 5.91 Å². The highest BCUT2D eigenvalue weighted by molar-refractivity contribution is 6.07. The van der Waals surface area contributed by atoms with Crippen LogP contribution in [0, 0.1) is 12.8 Å². The Balaban J connectivity index is 1.69. The van der Waals surface area contributed by atoms with Crippen LogP contribution in [0.25, 0.3) is 0 Å². The molecule has 1 unspecified atom stereocenters. The highest BCUT2D eigenvalue weighted by Crippen LogP contribution is 2.31. The molecule has 0 saturated carbocycles. The number of carbonyl (C=O) groups is 1. The van der Waals surface area contributed by atoms with Gasteiger partial charge in [-0.2, -0.15) is 5.10 Å². The van der Waals surface area contributed by atoms with Crippen molar-refractivity contribution in [3.63, 3.8) is 0 Å². The van der Waals surface area contributed by atoms with Crippen molar-refractivity contribution in [2.75, 3.05) is 11.4 Å². The predicted molar refractivity (Wildman–Crippen MR) is 86.3 cm³/mol. The topological polar surface area (TPSA) is 38.1 Å². The summed E-state index contributed by atoms with van der Waals surface area (Å²) in [5.41, 5.74) is 5.51. The minimum Gasteiger partial charge on any atom is -0.308 e. The molecule has 22 heavy (non-hydrogen) atoms. The van der Waals surface area contributed by atoms with Gasteiger partial charge in [0.2, 0.25) is 0 Å². The van der Waals surface area contributed by atoms with E-state index in [2.05, 4.69) is 37.1 Å². The van der Waals surface area contributed by atoms with Crippen LogP contribution in [0.15, 0.2) is 24.4 Å². The summed E-state index contributed by atoms with van der Waals surface area (Å²) in [6.07, 6.45) is 4.81. The van der Waals surface area contributed by atoms with Crippen LogP contribution in [0.1, 0.15) is 40.5 Å². The van der Waals surface area contributed by atoms with Gasteiger partial charge in [-0.25, -0.2) is 0 Å². The van der Waals surface area contributed by atoms with E-state index in [1.807, 2.05) is 9.58 Å².